The van der Waals surface area contributed by atoms with E-state index >= 15 is 0 Å². The molecule has 0 aromatic heterocycles. The molecule has 0 radical (unpaired) electrons. The lowest BCUT2D eigenvalue weighted by Gasteiger charge is -2.23. The van der Waals surface area contributed by atoms with Crippen LogP contribution in [0.2, 0.25) is 0 Å². The third-order valence-electron chi connectivity index (χ3n) is 5.07. The molecule has 1 saturated heterocycles. The largest absolute Gasteiger partial charge is 0.490 e. The fourth-order valence-electron chi connectivity index (χ4n) is 3.53. The average Bonchev–Trinajstić information content (AvgIpc) is 2.62. The molecule has 1 aliphatic heterocycles. The molecule has 3 rings (SSSR count). The lowest BCUT2D eigenvalue weighted by atomic mass is 9.95. The molecule has 0 bridgehead atoms. The third kappa shape index (κ3) is 4.69. The van der Waals surface area contributed by atoms with E-state index in [0.717, 1.165) is 51.6 Å². The van der Waals surface area contributed by atoms with Crippen molar-refractivity contribution >= 4 is 5.91 Å². The molecule has 1 amide bonds. The fraction of sp³-hybridized carbons (Fsp3) is 0.632. The van der Waals surface area contributed by atoms with Crippen LogP contribution in [0.1, 0.15) is 55.3 Å². The molecule has 0 unspecified atom stereocenters. The van der Waals surface area contributed by atoms with Crippen molar-refractivity contribution in [2.45, 2.75) is 51.0 Å². The fourth-order valence-corrected chi connectivity index (χ4v) is 3.53. The van der Waals surface area contributed by atoms with Crippen LogP contribution in [0.5, 0.6) is 5.75 Å². The summed E-state index contributed by atoms with van der Waals surface area (Å²) < 4.78 is 19.9. The van der Waals surface area contributed by atoms with Crippen LogP contribution in [0.15, 0.2) is 18.2 Å². The number of carbonyl (C=O) groups is 1. The van der Waals surface area contributed by atoms with E-state index in [1.165, 1.54) is 12.5 Å². The van der Waals surface area contributed by atoms with Gasteiger partial charge >= 0.3 is 0 Å². The van der Waals surface area contributed by atoms with Gasteiger partial charge in [0.1, 0.15) is 0 Å². The van der Waals surface area contributed by atoms with E-state index < -0.39 is 5.82 Å². The highest BCUT2D eigenvalue weighted by molar-refractivity contribution is 5.94. The Bertz CT molecular complexity index is 552. The Kier molecular flexibility index (Phi) is 6.07. The maximum absolute atomic E-state index is 14.2. The minimum atomic E-state index is -0.458. The second-order valence-corrected chi connectivity index (χ2v) is 6.96. The van der Waals surface area contributed by atoms with Crippen LogP contribution in [-0.4, -0.2) is 31.6 Å². The molecule has 5 heteroatoms. The molecule has 1 aromatic carbocycles. The van der Waals surface area contributed by atoms with E-state index in [4.69, 9.17) is 4.74 Å². The monoisotopic (exact) mass is 334 g/mol. The van der Waals surface area contributed by atoms with E-state index in [0.29, 0.717) is 18.1 Å². The van der Waals surface area contributed by atoms with Gasteiger partial charge < -0.3 is 15.4 Å². The van der Waals surface area contributed by atoms with E-state index in [2.05, 4.69) is 10.6 Å². The molecule has 132 valence electrons. The van der Waals surface area contributed by atoms with Gasteiger partial charge in [0.15, 0.2) is 11.6 Å². The van der Waals surface area contributed by atoms with Crippen molar-refractivity contribution in [3.05, 3.63) is 29.6 Å². The van der Waals surface area contributed by atoms with Gasteiger partial charge in [-0.3, -0.25) is 4.79 Å². The number of amides is 1. The van der Waals surface area contributed by atoms with Gasteiger partial charge in [-0.2, -0.15) is 0 Å². The number of halogens is 1. The molecule has 1 aromatic rings. The molecule has 24 heavy (non-hydrogen) atoms. The standard InChI is InChI=1S/C19H27FN2O2/c20-17-12-15(19(23)22-16-4-2-1-3-5-16)6-7-18(17)24-13-14-8-10-21-11-9-14/h6-7,12,14,16,21H,1-5,8-11,13H2,(H,22,23). The molecule has 1 aliphatic carbocycles. The molecule has 2 aliphatic rings. The topological polar surface area (TPSA) is 50.4 Å². The van der Waals surface area contributed by atoms with Gasteiger partial charge in [-0.25, -0.2) is 4.39 Å². The number of piperidine rings is 1. The van der Waals surface area contributed by atoms with Gasteiger partial charge in [-0.15, -0.1) is 0 Å². The highest BCUT2D eigenvalue weighted by Gasteiger charge is 2.18. The molecule has 2 fully saturated rings. The van der Waals surface area contributed by atoms with Crippen LogP contribution in [0.3, 0.4) is 0 Å². The summed E-state index contributed by atoms with van der Waals surface area (Å²) in [5.74, 6) is 0.0635. The predicted octanol–water partition coefficient (Wildman–Crippen LogP) is 3.27. The van der Waals surface area contributed by atoms with Crippen LogP contribution >= 0.6 is 0 Å². The molecule has 0 atom stereocenters. The molecular formula is C19H27FN2O2. The normalized spacial score (nSPS) is 19.9. The van der Waals surface area contributed by atoms with Gasteiger partial charge in [0.25, 0.3) is 5.91 Å². The Morgan fingerprint density at radius 3 is 2.62 bits per heavy atom. The van der Waals surface area contributed by atoms with E-state index in [9.17, 15) is 9.18 Å². The van der Waals surface area contributed by atoms with Crippen molar-refractivity contribution in [3.8, 4) is 5.75 Å². The number of rotatable bonds is 5. The van der Waals surface area contributed by atoms with Gasteiger partial charge in [-0.05, 0) is 62.9 Å². The van der Waals surface area contributed by atoms with Gasteiger partial charge in [0.05, 0.1) is 6.61 Å². The quantitative estimate of drug-likeness (QED) is 0.869. The van der Waals surface area contributed by atoms with Crippen molar-refractivity contribution in [1.82, 2.24) is 10.6 Å². The second kappa shape index (κ2) is 8.47. The third-order valence-corrected chi connectivity index (χ3v) is 5.07. The van der Waals surface area contributed by atoms with Gasteiger partial charge in [0.2, 0.25) is 0 Å². The first kappa shape index (κ1) is 17.2. The Balaban J connectivity index is 1.54. The zero-order valence-corrected chi connectivity index (χ0v) is 14.2. The van der Waals surface area contributed by atoms with Crippen molar-refractivity contribution in [2.75, 3.05) is 19.7 Å². The van der Waals surface area contributed by atoms with Crippen LogP contribution in [-0.2, 0) is 0 Å². The Labute approximate surface area is 143 Å². The maximum atomic E-state index is 14.2. The number of nitrogens with one attached hydrogen (secondary N) is 2. The van der Waals surface area contributed by atoms with Crippen molar-refractivity contribution in [3.63, 3.8) is 0 Å². The zero-order valence-electron chi connectivity index (χ0n) is 14.2. The second-order valence-electron chi connectivity index (χ2n) is 6.96. The Hall–Kier alpha value is -1.62. The first-order valence-electron chi connectivity index (χ1n) is 9.16. The number of carbonyl (C=O) groups excluding carboxylic acids is 1. The minimum absolute atomic E-state index is 0.189. The lowest BCUT2D eigenvalue weighted by Crippen LogP contribution is -2.36. The number of ether oxygens (including phenoxy) is 1. The summed E-state index contributed by atoms with van der Waals surface area (Å²) in [6.07, 6.45) is 7.71. The van der Waals surface area contributed by atoms with Crippen LogP contribution in [0, 0.1) is 11.7 Å². The summed E-state index contributed by atoms with van der Waals surface area (Å²) in [6, 6.07) is 4.74. The number of hydrogen-bond donors (Lipinski definition) is 2. The first-order chi connectivity index (χ1) is 11.7. The van der Waals surface area contributed by atoms with Crippen molar-refractivity contribution < 1.29 is 13.9 Å². The minimum Gasteiger partial charge on any atom is -0.490 e. The molecule has 4 nitrogen and oxygen atoms in total. The molecular weight excluding hydrogens is 307 g/mol. The predicted molar refractivity (Wildman–Crippen MR) is 91.8 cm³/mol. The average molecular weight is 334 g/mol. The first-order valence-corrected chi connectivity index (χ1v) is 9.16. The molecule has 2 N–H and O–H groups in total. The van der Waals surface area contributed by atoms with Crippen molar-refractivity contribution in [2.24, 2.45) is 5.92 Å². The summed E-state index contributed by atoms with van der Waals surface area (Å²) in [6.45, 7) is 2.53. The summed E-state index contributed by atoms with van der Waals surface area (Å²) in [4.78, 5) is 12.3. The Morgan fingerprint density at radius 2 is 1.92 bits per heavy atom. The highest BCUT2D eigenvalue weighted by atomic mass is 19.1. The van der Waals surface area contributed by atoms with E-state index in [1.807, 2.05) is 0 Å². The van der Waals surface area contributed by atoms with Crippen molar-refractivity contribution in [1.29, 1.82) is 0 Å². The summed E-state index contributed by atoms with van der Waals surface area (Å²) in [7, 11) is 0. The molecule has 1 saturated carbocycles. The number of benzene rings is 1. The molecule has 0 spiro atoms. The van der Waals surface area contributed by atoms with Gasteiger partial charge in [-0.1, -0.05) is 19.3 Å². The SMILES string of the molecule is O=C(NC1CCCCC1)c1ccc(OCC2CCNCC2)c(F)c1. The lowest BCUT2D eigenvalue weighted by molar-refractivity contribution is 0.0927. The summed E-state index contributed by atoms with van der Waals surface area (Å²) in [5.41, 5.74) is 0.368. The summed E-state index contributed by atoms with van der Waals surface area (Å²) in [5, 5.41) is 6.32. The van der Waals surface area contributed by atoms with Crippen LogP contribution in [0.25, 0.3) is 0 Å². The van der Waals surface area contributed by atoms with E-state index in [-0.39, 0.29) is 17.7 Å². The zero-order chi connectivity index (χ0) is 16.8. The molecule has 1 heterocycles. The Morgan fingerprint density at radius 1 is 1.17 bits per heavy atom. The highest BCUT2D eigenvalue weighted by Crippen LogP contribution is 2.22. The maximum Gasteiger partial charge on any atom is 0.251 e. The number of hydrogen-bond acceptors (Lipinski definition) is 3. The smallest absolute Gasteiger partial charge is 0.251 e. The van der Waals surface area contributed by atoms with Crippen LogP contribution in [0.4, 0.5) is 4.39 Å². The van der Waals surface area contributed by atoms with Crippen LogP contribution < -0.4 is 15.4 Å². The van der Waals surface area contributed by atoms with Gasteiger partial charge in [0, 0.05) is 11.6 Å². The summed E-state index contributed by atoms with van der Waals surface area (Å²) >= 11 is 0. The van der Waals surface area contributed by atoms with E-state index in [1.54, 1.807) is 12.1 Å².